The molecule has 2 aromatic heterocycles. The summed E-state index contributed by atoms with van der Waals surface area (Å²) in [5.41, 5.74) is 2.01. The van der Waals surface area contributed by atoms with Crippen LogP contribution in [0.3, 0.4) is 0 Å². The second kappa shape index (κ2) is 5.95. The van der Waals surface area contributed by atoms with E-state index in [1.165, 1.54) is 11.9 Å². The highest BCUT2D eigenvalue weighted by Gasteiger charge is 2.07. The number of benzene rings is 1. The number of hydrogen-bond donors (Lipinski definition) is 0. The summed E-state index contributed by atoms with van der Waals surface area (Å²) in [7, 11) is 0. The second-order valence-electron chi connectivity index (χ2n) is 4.01. The molecule has 20 heavy (non-hydrogen) atoms. The van der Waals surface area contributed by atoms with Crippen molar-refractivity contribution in [2.45, 2.75) is 17.7 Å². The van der Waals surface area contributed by atoms with Crippen LogP contribution in [0.25, 0.3) is 11.3 Å². The molecule has 0 fully saturated rings. The van der Waals surface area contributed by atoms with E-state index in [2.05, 4.69) is 15.1 Å². The molecule has 0 aliphatic heterocycles. The molecule has 1 aromatic carbocycles. The molecule has 102 valence electrons. The van der Waals surface area contributed by atoms with Crippen molar-refractivity contribution in [3.8, 4) is 11.3 Å². The number of hydrogen-bond acceptors (Lipinski definition) is 5. The minimum absolute atomic E-state index is 0.730. The Balaban J connectivity index is 1.78. The predicted molar refractivity (Wildman–Crippen MR) is 83.2 cm³/mol. The molecule has 0 saturated carbocycles. The lowest BCUT2D eigenvalue weighted by Gasteiger charge is -1.96. The topological polar surface area (TPSA) is 43.6 Å². The van der Waals surface area contributed by atoms with E-state index < -0.39 is 0 Å². The van der Waals surface area contributed by atoms with Crippen LogP contribution >= 0.6 is 34.9 Å². The summed E-state index contributed by atoms with van der Waals surface area (Å²) in [6, 6.07) is 7.68. The van der Waals surface area contributed by atoms with Crippen LogP contribution in [0.1, 0.15) is 12.7 Å². The maximum absolute atomic E-state index is 5.89. The predicted octanol–water partition coefficient (Wildman–Crippen LogP) is 4.17. The molecule has 0 amide bonds. The van der Waals surface area contributed by atoms with E-state index in [4.69, 9.17) is 11.6 Å². The molecule has 2 heterocycles. The Morgan fingerprint density at radius 3 is 2.80 bits per heavy atom. The summed E-state index contributed by atoms with van der Waals surface area (Å²) in [5.74, 6) is 0.840. The van der Waals surface area contributed by atoms with Crippen molar-refractivity contribution in [1.82, 2.24) is 19.2 Å². The van der Waals surface area contributed by atoms with Gasteiger partial charge in [0.25, 0.3) is 0 Å². The van der Waals surface area contributed by atoms with E-state index in [1.807, 2.05) is 36.6 Å². The molecule has 0 N–H and O–H groups in total. The van der Waals surface area contributed by atoms with Crippen molar-refractivity contribution in [3.05, 3.63) is 46.8 Å². The number of thiazole rings is 1. The quantitative estimate of drug-likeness (QED) is 0.723. The van der Waals surface area contributed by atoms with Gasteiger partial charge in [-0.2, -0.15) is 4.09 Å². The van der Waals surface area contributed by atoms with Crippen molar-refractivity contribution in [1.29, 1.82) is 0 Å². The lowest BCUT2D eigenvalue weighted by Crippen LogP contribution is -1.89. The molecular weight excluding hydrogens is 312 g/mol. The van der Waals surface area contributed by atoms with Crippen LogP contribution in [-0.2, 0) is 6.42 Å². The smallest absolute Gasteiger partial charge is 0.173 e. The molecular formula is C13H11ClN4S2. The number of aromatic nitrogens is 4. The Morgan fingerprint density at radius 1 is 1.30 bits per heavy atom. The lowest BCUT2D eigenvalue weighted by atomic mass is 10.2. The van der Waals surface area contributed by atoms with Gasteiger partial charge in [0.1, 0.15) is 6.33 Å². The van der Waals surface area contributed by atoms with Gasteiger partial charge in [-0.15, -0.1) is 16.4 Å². The van der Waals surface area contributed by atoms with Gasteiger partial charge in [0, 0.05) is 34.3 Å². The van der Waals surface area contributed by atoms with E-state index in [-0.39, 0.29) is 0 Å². The zero-order valence-electron chi connectivity index (χ0n) is 10.7. The summed E-state index contributed by atoms with van der Waals surface area (Å²) in [5, 5.41) is 7.10. The van der Waals surface area contributed by atoms with Gasteiger partial charge in [0.2, 0.25) is 0 Å². The molecule has 0 spiro atoms. The van der Waals surface area contributed by atoms with Crippen molar-refractivity contribution in [2.75, 3.05) is 0 Å². The monoisotopic (exact) mass is 322 g/mol. The van der Waals surface area contributed by atoms with Gasteiger partial charge in [-0.25, -0.2) is 9.97 Å². The molecule has 3 rings (SSSR count). The van der Waals surface area contributed by atoms with Gasteiger partial charge in [0.05, 0.1) is 5.69 Å². The van der Waals surface area contributed by atoms with Crippen LogP contribution < -0.4 is 0 Å². The van der Waals surface area contributed by atoms with E-state index in [1.54, 1.807) is 21.8 Å². The minimum Gasteiger partial charge on any atom is -0.228 e. The molecule has 3 aromatic rings. The highest BCUT2D eigenvalue weighted by atomic mass is 35.5. The Bertz CT molecular complexity index is 705. The fourth-order valence-corrected chi connectivity index (χ4v) is 3.37. The maximum atomic E-state index is 5.89. The Labute approximate surface area is 130 Å². The van der Waals surface area contributed by atoms with Gasteiger partial charge in [0.15, 0.2) is 10.2 Å². The number of nitrogens with zero attached hydrogens (tertiary/aromatic N) is 4. The number of halogens is 1. The van der Waals surface area contributed by atoms with Gasteiger partial charge >= 0.3 is 0 Å². The zero-order chi connectivity index (χ0) is 13.9. The van der Waals surface area contributed by atoms with Crippen molar-refractivity contribution in [3.63, 3.8) is 0 Å². The largest absolute Gasteiger partial charge is 0.228 e. The molecule has 0 atom stereocenters. The summed E-state index contributed by atoms with van der Waals surface area (Å²) in [6.07, 6.45) is 2.55. The maximum Gasteiger partial charge on any atom is 0.173 e. The highest BCUT2D eigenvalue weighted by molar-refractivity contribution is 7.99. The Hall–Kier alpha value is -1.37. The van der Waals surface area contributed by atoms with E-state index in [0.717, 1.165) is 32.9 Å². The molecule has 0 radical (unpaired) electrons. The molecule has 0 unspecified atom stereocenters. The number of aryl methyl sites for hydroxylation is 1. The van der Waals surface area contributed by atoms with Crippen LogP contribution in [0.15, 0.2) is 40.3 Å². The third-order valence-corrected chi connectivity index (χ3v) is 4.64. The summed E-state index contributed by atoms with van der Waals surface area (Å²) < 4.78 is 2.67. The van der Waals surface area contributed by atoms with Crippen LogP contribution in [0.5, 0.6) is 0 Å². The Kier molecular flexibility index (Phi) is 4.05. The highest BCUT2D eigenvalue weighted by Crippen LogP contribution is 2.29. The van der Waals surface area contributed by atoms with Crippen LogP contribution in [0.2, 0.25) is 5.02 Å². The minimum atomic E-state index is 0.730. The lowest BCUT2D eigenvalue weighted by molar-refractivity contribution is 0.915. The second-order valence-corrected chi connectivity index (χ2v) is 6.51. The fourth-order valence-electron chi connectivity index (χ4n) is 1.62. The third kappa shape index (κ3) is 3.03. The van der Waals surface area contributed by atoms with Gasteiger partial charge < -0.3 is 0 Å². The first-order chi connectivity index (χ1) is 9.74. The summed E-state index contributed by atoms with van der Waals surface area (Å²) in [6.45, 7) is 2.03. The van der Waals surface area contributed by atoms with Gasteiger partial charge in [-0.1, -0.05) is 30.7 Å². The van der Waals surface area contributed by atoms with Crippen molar-refractivity contribution < 1.29 is 0 Å². The van der Waals surface area contributed by atoms with Crippen LogP contribution in [0.4, 0.5) is 0 Å². The van der Waals surface area contributed by atoms with E-state index in [0.29, 0.717) is 0 Å². The normalized spacial score (nSPS) is 10.9. The average molecular weight is 323 g/mol. The van der Waals surface area contributed by atoms with E-state index >= 15 is 0 Å². The van der Waals surface area contributed by atoms with Crippen molar-refractivity contribution >= 4 is 34.9 Å². The standard InChI is InChI=1S/C13H11ClN4S2/c1-2-12-15-8-18(17-12)20-13-16-11(7-19-13)9-3-5-10(14)6-4-9/h3-8H,2H2,1H3. The Morgan fingerprint density at radius 2 is 2.10 bits per heavy atom. The van der Waals surface area contributed by atoms with Crippen LogP contribution in [0, 0.1) is 0 Å². The number of rotatable bonds is 4. The molecule has 4 nitrogen and oxygen atoms in total. The average Bonchev–Trinajstić information content (AvgIpc) is 3.09. The first-order valence-corrected chi connectivity index (χ1v) is 8.08. The molecule has 0 saturated heterocycles. The third-order valence-electron chi connectivity index (χ3n) is 2.63. The summed E-state index contributed by atoms with van der Waals surface area (Å²) in [4.78, 5) is 8.79. The first kappa shape index (κ1) is 13.6. The van der Waals surface area contributed by atoms with Crippen molar-refractivity contribution in [2.24, 2.45) is 0 Å². The van der Waals surface area contributed by atoms with Crippen LogP contribution in [-0.4, -0.2) is 19.2 Å². The molecule has 7 heteroatoms. The first-order valence-electron chi connectivity index (χ1n) is 6.05. The van der Waals surface area contributed by atoms with Gasteiger partial charge in [-0.05, 0) is 12.1 Å². The summed E-state index contributed by atoms with van der Waals surface area (Å²) >= 11 is 8.94. The fraction of sp³-hybridized carbons (Fsp3) is 0.154. The zero-order valence-corrected chi connectivity index (χ0v) is 13.0. The SMILES string of the molecule is CCc1ncn(Sc2nc(-c3ccc(Cl)cc3)cs2)n1. The molecule has 0 bridgehead atoms. The van der Waals surface area contributed by atoms with Gasteiger partial charge in [-0.3, -0.25) is 0 Å². The molecule has 0 aliphatic rings. The van der Waals surface area contributed by atoms with E-state index in [9.17, 15) is 0 Å². The molecule has 0 aliphatic carbocycles.